The Morgan fingerprint density at radius 2 is 1.74 bits per heavy atom. The van der Waals surface area contributed by atoms with Crippen LogP contribution in [0.4, 0.5) is 5.82 Å². The molecule has 10 heteroatoms. The molecule has 2 aromatic heterocycles. The van der Waals surface area contributed by atoms with Gasteiger partial charge in [-0.2, -0.15) is 9.78 Å². The van der Waals surface area contributed by atoms with Crippen LogP contribution in [0.3, 0.4) is 0 Å². The van der Waals surface area contributed by atoms with Gasteiger partial charge in [0.2, 0.25) is 5.75 Å². The number of methoxy groups -OCH3 is 3. The van der Waals surface area contributed by atoms with Crippen LogP contribution in [-0.4, -0.2) is 54.6 Å². The Morgan fingerprint density at radius 1 is 1.09 bits per heavy atom. The Labute approximate surface area is 202 Å². The Hall–Kier alpha value is -4.34. The van der Waals surface area contributed by atoms with Gasteiger partial charge in [-0.15, -0.1) is 0 Å². The second-order valence-electron chi connectivity index (χ2n) is 7.77. The molecule has 4 rings (SSSR count). The summed E-state index contributed by atoms with van der Waals surface area (Å²) in [5.41, 5.74) is 9.45. The Balaban J connectivity index is 1.85. The third kappa shape index (κ3) is 4.54. The van der Waals surface area contributed by atoms with E-state index in [1.807, 2.05) is 24.3 Å². The van der Waals surface area contributed by atoms with E-state index in [0.29, 0.717) is 51.6 Å². The molecule has 0 spiro atoms. The van der Waals surface area contributed by atoms with Crippen LogP contribution in [0.2, 0.25) is 0 Å². The number of fused-ring (bicyclic) bond motifs is 2. The van der Waals surface area contributed by atoms with Crippen molar-refractivity contribution in [1.29, 1.82) is 0 Å². The van der Waals surface area contributed by atoms with Crippen LogP contribution in [0.25, 0.3) is 22.2 Å². The zero-order chi connectivity index (χ0) is 24.9. The van der Waals surface area contributed by atoms with E-state index in [1.54, 1.807) is 32.6 Å². The number of amides is 1. The summed E-state index contributed by atoms with van der Waals surface area (Å²) >= 11 is 0. The number of hydrogen-bond donors (Lipinski definition) is 2. The number of hydrogen-bond acceptors (Lipinski definition) is 8. The zero-order valence-electron chi connectivity index (χ0n) is 20.2. The maximum Gasteiger partial charge on any atom is 0.257 e. The highest BCUT2D eigenvalue weighted by Gasteiger charge is 2.24. The fourth-order valence-corrected chi connectivity index (χ4v) is 3.76. The number of rotatable bonds is 9. The molecule has 2 aromatic carbocycles. The summed E-state index contributed by atoms with van der Waals surface area (Å²) in [6.07, 6.45) is 3.40. The number of benzene rings is 2. The summed E-state index contributed by atoms with van der Waals surface area (Å²) in [7, 11) is 4.62. The molecule has 182 valence electrons. The minimum Gasteiger partial charge on any atom is -0.493 e. The van der Waals surface area contributed by atoms with Crippen molar-refractivity contribution in [2.45, 2.75) is 19.8 Å². The van der Waals surface area contributed by atoms with E-state index >= 15 is 0 Å². The summed E-state index contributed by atoms with van der Waals surface area (Å²) < 4.78 is 17.6. The molecule has 10 nitrogen and oxygen atoms in total. The fourth-order valence-electron chi connectivity index (χ4n) is 3.76. The van der Waals surface area contributed by atoms with Crippen molar-refractivity contribution in [3.8, 4) is 17.2 Å². The minimum absolute atomic E-state index is 0.146. The van der Waals surface area contributed by atoms with Gasteiger partial charge in [-0.1, -0.05) is 25.5 Å². The molecule has 0 aliphatic carbocycles. The van der Waals surface area contributed by atoms with E-state index in [-0.39, 0.29) is 17.3 Å². The van der Waals surface area contributed by atoms with E-state index in [1.165, 1.54) is 11.8 Å². The van der Waals surface area contributed by atoms with Gasteiger partial charge in [0.1, 0.15) is 16.9 Å². The van der Waals surface area contributed by atoms with Gasteiger partial charge in [0.15, 0.2) is 17.1 Å². The van der Waals surface area contributed by atoms with Crippen molar-refractivity contribution >= 4 is 40.1 Å². The number of para-hydroxylation sites is 2. The summed E-state index contributed by atoms with van der Waals surface area (Å²) in [6.45, 7) is 2.60. The highest BCUT2D eigenvalue weighted by atomic mass is 16.5. The summed E-state index contributed by atoms with van der Waals surface area (Å²) in [4.78, 5) is 22.4. The average molecular weight is 477 g/mol. The van der Waals surface area contributed by atoms with Crippen LogP contribution in [0, 0.1) is 0 Å². The lowest BCUT2D eigenvalue weighted by Crippen LogP contribution is -2.25. The molecular weight excluding hydrogens is 448 g/mol. The number of nitrogens with zero attached hydrogens (tertiary/aromatic N) is 4. The number of carbonyl (C=O) groups is 1. The number of carbonyl (C=O) groups excluding carboxylic acids is 1. The van der Waals surface area contributed by atoms with Gasteiger partial charge in [0, 0.05) is 12.1 Å². The minimum atomic E-state index is -0.313. The fraction of sp³-hybridized carbons (Fsp3) is 0.280. The third-order valence-electron chi connectivity index (χ3n) is 5.53. The molecule has 0 aliphatic rings. The van der Waals surface area contributed by atoms with Crippen molar-refractivity contribution in [1.82, 2.24) is 20.0 Å². The number of nitrogens with one attached hydrogen (secondary N) is 1. The highest BCUT2D eigenvalue weighted by molar-refractivity contribution is 6.10. The van der Waals surface area contributed by atoms with Gasteiger partial charge in [-0.25, -0.2) is 9.97 Å². The molecule has 4 aromatic rings. The van der Waals surface area contributed by atoms with Crippen LogP contribution < -0.4 is 25.3 Å². The number of nitrogen functional groups attached to an aromatic ring is 1. The number of ether oxygens (including phenoxy) is 3. The van der Waals surface area contributed by atoms with Gasteiger partial charge >= 0.3 is 0 Å². The molecule has 0 aliphatic heterocycles. The molecule has 2 heterocycles. The summed E-state index contributed by atoms with van der Waals surface area (Å²) in [5, 5.41) is 7.46. The lowest BCUT2D eigenvalue weighted by Gasteiger charge is -2.12. The first-order valence-corrected chi connectivity index (χ1v) is 11.2. The van der Waals surface area contributed by atoms with Crippen molar-refractivity contribution in [2.75, 3.05) is 33.6 Å². The van der Waals surface area contributed by atoms with Crippen molar-refractivity contribution in [2.24, 2.45) is 5.10 Å². The predicted octanol–water partition coefficient (Wildman–Crippen LogP) is 3.60. The van der Waals surface area contributed by atoms with Crippen LogP contribution in [0.1, 0.15) is 35.7 Å². The topological polar surface area (TPSA) is 126 Å². The first-order valence-electron chi connectivity index (χ1n) is 11.2. The first-order chi connectivity index (χ1) is 17.0. The van der Waals surface area contributed by atoms with Gasteiger partial charge in [-0.3, -0.25) is 4.79 Å². The Kier molecular flexibility index (Phi) is 7.00. The molecule has 0 bridgehead atoms. The second kappa shape index (κ2) is 10.3. The highest BCUT2D eigenvalue weighted by Crippen LogP contribution is 2.38. The second-order valence-corrected chi connectivity index (χ2v) is 7.77. The van der Waals surface area contributed by atoms with E-state index in [0.717, 1.165) is 12.8 Å². The van der Waals surface area contributed by atoms with Crippen LogP contribution in [0.15, 0.2) is 41.5 Å². The monoisotopic (exact) mass is 476 g/mol. The molecule has 1 amide bonds. The largest absolute Gasteiger partial charge is 0.493 e. The van der Waals surface area contributed by atoms with Crippen molar-refractivity contribution in [3.05, 3.63) is 47.5 Å². The number of aromatic nitrogens is 3. The maximum absolute atomic E-state index is 13.0. The van der Waals surface area contributed by atoms with E-state index < -0.39 is 0 Å². The van der Waals surface area contributed by atoms with Gasteiger partial charge in [-0.05, 0) is 30.7 Å². The Morgan fingerprint density at radius 3 is 2.34 bits per heavy atom. The average Bonchev–Trinajstić information content (AvgIpc) is 3.15. The molecular formula is C25H28N6O4. The lowest BCUT2D eigenvalue weighted by molar-refractivity contribution is 0.0955. The number of nitrogens with two attached hydrogens (primary N) is 1. The quantitative estimate of drug-likeness (QED) is 0.279. The molecule has 0 saturated carbocycles. The van der Waals surface area contributed by atoms with E-state index in [9.17, 15) is 4.79 Å². The first kappa shape index (κ1) is 23.8. The van der Waals surface area contributed by atoms with Crippen molar-refractivity contribution < 1.29 is 19.0 Å². The van der Waals surface area contributed by atoms with Crippen LogP contribution in [-0.2, 0) is 0 Å². The number of unbranched alkanes of at least 4 members (excludes halogenated alkanes) is 1. The molecule has 0 atom stereocenters. The molecule has 0 fully saturated rings. The zero-order valence-corrected chi connectivity index (χ0v) is 20.2. The van der Waals surface area contributed by atoms with Crippen LogP contribution in [0.5, 0.6) is 17.2 Å². The molecule has 0 radical (unpaired) electrons. The van der Waals surface area contributed by atoms with Gasteiger partial charge < -0.3 is 25.3 Å². The maximum atomic E-state index is 13.0. The van der Waals surface area contributed by atoms with Crippen LogP contribution >= 0.6 is 0 Å². The van der Waals surface area contributed by atoms with Crippen molar-refractivity contribution in [3.63, 3.8) is 0 Å². The molecule has 3 N–H and O–H groups in total. The summed E-state index contributed by atoms with van der Waals surface area (Å²) in [5.74, 6) is 1.28. The third-order valence-corrected chi connectivity index (χ3v) is 5.53. The summed E-state index contributed by atoms with van der Waals surface area (Å²) in [6, 6.07) is 10.9. The SMILES string of the molecule is CCCCNC(=O)c1c(N)n(N=Cc2cc(OC)c(OC)c(OC)c2)c2nc3ccccc3nc12. The van der Waals surface area contributed by atoms with E-state index in [4.69, 9.17) is 24.9 Å². The standard InChI is InChI=1S/C25H28N6O4/c1-5-6-11-27-25(32)20-21-24(30-17-10-8-7-9-16(17)29-21)31(23(20)26)28-14-15-12-18(33-2)22(35-4)19(13-15)34-3/h7-10,12-14H,5-6,11,26H2,1-4H3,(H,27,32). The lowest BCUT2D eigenvalue weighted by atomic mass is 10.2. The van der Waals surface area contributed by atoms with Gasteiger partial charge in [0.25, 0.3) is 5.91 Å². The molecule has 0 unspecified atom stereocenters. The number of anilines is 1. The van der Waals surface area contributed by atoms with E-state index in [2.05, 4.69) is 22.3 Å². The molecule has 0 saturated heterocycles. The Bertz CT molecular complexity index is 1390. The smallest absolute Gasteiger partial charge is 0.257 e. The normalized spacial score (nSPS) is 11.3. The molecule has 35 heavy (non-hydrogen) atoms. The van der Waals surface area contributed by atoms with Gasteiger partial charge in [0.05, 0.1) is 38.6 Å². The predicted molar refractivity (Wildman–Crippen MR) is 136 cm³/mol.